The molecule has 6 N–H and O–H groups in total. The quantitative estimate of drug-likeness (QED) is 0.523. The number of nitrogens with two attached hydrogens (primary N) is 2. The third kappa shape index (κ3) is 3.91. The van der Waals surface area contributed by atoms with E-state index in [0.717, 1.165) is 36.6 Å². The van der Waals surface area contributed by atoms with Gasteiger partial charge in [-0.25, -0.2) is 9.37 Å². The highest BCUT2D eigenvalue weighted by Crippen LogP contribution is 2.30. The minimum absolute atomic E-state index is 0.0950. The lowest BCUT2D eigenvalue weighted by molar-refractivity contribution is 0.0995. The maximum Gasteiger partial charge on any atom is 0.273 e. The van der Waals surface area contributed by atoms with Crippen LogP contribution in [0.5, 0.6) is 0 Å². The molecule has 0 saturated heterocycles. The normalized spacial score (nSPS) is 19.4. The Morgan fingerprint density at radius 3 is 2.86 bits per heavy atom. The molecular formula is C20H24FN7O. The number of primary amides is 1. The van der Waals surface area contributed by atoms with Crippen LogP contribution in [0, 0.1) is 18.7 Å². The van der Waals surface area contributed by atoms with Crippen LogP contribution < -0.4 is 16.8 Å². The standard InChI is InChI=1S/C20H24FN7O/c1-10-9-24-17-13(10)7-12(21)8-15(17)25-20-18(19(23)29)28-27-16(26-20)6-11-4-2-3-5-14(11)22/h7-9,11,14,24H,2-6,22H2,1H3,(H2,23,29)(H,25,26,27)/t11-,14-/m0/s1. The lowest BCUT2D eigenvalue weighted by Crippen LogP contribution is -2.34. The number of hydrogen-bond acceptors (Lipinski definition) is 6. The smallest absolute Gasteiger partial charge is 0.273 e. The number of halogens is 1. The Labute approximate surface area is 167 Å². The number of aryl methyl sites for hydroxylation is 1. The Balaban J connectivity index is 1.69. The highest BCUT2D eigenvalue weighted by Gasteiger charge is 2.24. The molecule has 0 spiro atoms. The Hall–Kier alpha value is -3.07. The first-order valence-electron chi connectivity index (χ1n) is 9.75. The number of anilines is 2. The summed E-state index contributed by atoms with van der Waals surface area (Å²) in [6.45, 7) is 1.88. The highest BCUT2D eigenvalue weighted by molar-refractivity contribution is 5.99. The van der Waals surface area contributed by atoms with Crippen molar-refractivity contribution in [1.82, 2.24) is 20.2 Å². The minimum atomic E-state index is -0.760. The molecule has 1 fully saturated rings. The summed E-state index contributed by atoms with van der Waals surface area (Å²) in [7, 11) is 0. The van der Waals surface area contributed by atoms with Crippen molar-refractivity contribution in [3.63, 3.8) is 0 Å². The van der Waals surface area contributed by atoms with Gasteiger partial charge in [-0.05, 0) is 43.4 Å². The molecule has 2 atom stereocenters. The van der Waals surface area contributed by atoms with Crippen LogP contribution in [-0.4, -0.2) is 32.1 Å². The van der Waals surface area contributed by atoms with E-state index in [1.807, 2.05) is 6.92 Å². The molecule has 1 aliphatic rings. The fourth-order valence-corrected chi connectivity index (χ4v) is 3.98. The number of aromatic amines is 1. The molecule has 0 bridgehead atoms. The molecule has 0 unspecified atom stereocenters. The summed E-state index contributed by atoms with van der Waals surface area (Å²) in [6, 6.07) is 2.89. The van der Waals surface area contributed by atoms with E-state index in [9.17, 15) is 9.18 Å². The molecule has 1 aliphatic carbocycles. The Morgan fingerprint density at radius 2 is 2.10 bits per heavy atom. The molecule has 0 aliphatic heterocycles. The Kier molecular flexibility index (Phi) is 5.14. The van der Waals surface area contributed by atoms with Crippen molar-refractivity contribution < 1.29 is 9.18 Å². The van der Waals surface area contributed by atoms with Crippen LogP contribution in [0.15, 0.2) is 18.3 Å². The van der Waals surface area contributed by atoms with Crippen LogP contribution in [0.25, 0.3) is 10.9 Å². The van der Waals surface area contributed by atoms with Crippen molar-refractivity contribution >= 4 is 28.3 Å². The molecule has 1 amide bonds. The summed E-state index contributed by atoms with van der Waals surface area (Å²) in [5.74, 6) is -0.256. The molecule has 2 aromatic heterocycles. The monoisotopic (exact) mass is 397 g/mol. The van der Waals surface area contributed by atoms with E-state index in [1.165, 1.54) is 12.1 Å². The van der Waals surface area contributed by atoms with E-state index >= 15 is 0 Å². The van der Waals surface area contributed by atoms with Crippen molar-refractivity contribution in [3.05, 3.63) is 41.2 Å². The first-order chi connectivity index (χ1) is 13.9. The molecule has 9 heteroatoms. The van der Waals surface area contributed by atoms with Gasteiger partial charge in [0.15, 0.2) is 17.3 Å². The average molecular weight is 397 g/mol. The number of carbonyl (C=O) groups excluding carboxylic acids is 1. The van der Waals surface area contributed by atoms with Crippen LogP contribution in [0.2, 0.25) is 0 Å². The van der Waals surface area contributed by atoms with E-state index in [4.69, 9.17) is 11.5 Å². The zero-order valence-corrected chi connectivity index (χ0v) is 16.2. The molecule has 29 heavy (non-hydrogen) atoms. The van der Waals surface area contributed by atoms with Crippen LogP contribution in [0.1, 0.15) is 47.6 Å². The van der Waals surface area contributed by atoms with E-state index in [0.29, 0.717) is 23.4 Å². The number of hydrogen-bond donors (Lipinski definition) is 4. The number of carbonyl (C=O) groups is 1. The third-order valence-corrected chi connectivity index (χ3v) is 5.59. The number of aromatic nitrogens is 4. The first kappa shape index (κ1) is 19.3. The van der Waals surface area contributed by atoms with Crippen molar-refractivity contribution in [2.24, 2.45) is 17.4 Å². The summed E-state index contributed by atoms with van der Waals surface area (Å²) in [6.07, 6.45) is 6.62. The molecule has 1 aromatic carbocycles. The zero-order valence-electron chi connectivity index (χ0n) is 16.2. The van der Waals surface area contributed by atoms with Gasteiger partial charge in [0, 0.05) is 24.0 Å². The fourth-order valence-electron chi connectivity index (χ4n) is 3.98. The van der Waals surface area contributed by atoms with Gasteiger partial charge in [-0.3, -0.25) is 4.79 Å². The lowest BCUT2D eigenvalue weighted by Gasteiger charge is -2.27. The van der Waals surface area contributed by atoms with Gasteiger partial charge in [-0.2, -0.15) is 0 Å². The van der Waals surface area contributed by atoms with E-state index in [2.05, 4.69) is 25.5 Å². The summed E-state index contributed by atoms with van der Waals surface area (Å²) < 4.78 is 14.1. The topological polar surface area (TPSA) is 136 Å². The van der Waals surface area contributed by atoms with E-state index < -0.39 is 11.7 Å². The third-order valence-electron chi connectivity index (χ3n) is 5.59. The second kappa shape index (κ2) is 7.75. The predicted molar refractivity (Wildman–Crippen MR) is 108 cm³/mol. The van der Waals surface area contributed by atoms with Crippen molar-refractivity contribution in [2.45, 2.75) is 45.1 Å². The predicted octanol–water partition coefficient (Wildman–Crippen LogP) is 2.70. The van der Waals surface area contributed by atoms with Gasteiger partial charge >= 0.3 is 0 Å². The molecule has 4 rings (SSSR count). The molecule has 1 saturated carbocycles. The molecule has 0 radical (unpaired) electrons. The van der Waals surface area contributed by atoms with Gasteiger partial charge in [0.25, 0.3) is 5.91 Å². The molecular weight excluding hydrogens is 373 g/mol. The van der Waals surface area contributed by atoms with Crippen LogP contribution in [0.3, 0.4) is 0 Å². The number of benzene rings is 1. The number of nitrogens with one attached hydrogen (secondary N) is 2. The Bertz CT molecular complexity index is 1060. The molecule has 3 aromatic rings. The maximum atomic E-state index is 14.1. The summed E-state index contributed by atoms with van der Waals surface area (Å²) in [5.41, 5.74) is 13.6. The lowest BCUT2D eigenvalue weighted by atomic mass is 9.83. The van der Waals surface area contributed by atoms with Gasteiger partial charge < -0.3 is 21.8 Å². The van der Waals surface area contributed by atoms with Gasteiger partial charge in [0.05, 0.1) is 11.2 Å². The summed E-state index contributed by atoms with van der Waals surface area (Å²) >= 11 is 0. The minimum Gasteiger partial charge on any atom is -0.364 e. The molecule has 8 nitrogen and oxygen atoms in total. The van der Waals surface area contributed by atoms with Crippen molar-refractivity contribution in [2.75, 3.05) is 5.32 Å². The van der Waals surface area contributed by atoms with Crippen molar-refractivity contribution in [3.8, 4) is 0 Å². The summed E-state index contributed by atoms with van der Waals surface area (Å²) in [4.78, 5) is 19.4. The molecule has 152 valence electrons. The number of rotatable bonds is 5. The maximum absolute atomic E-state index is 14.1. The van der Waals surface area contributed by atoms with Crippen molar-refractivity contribution in [1.29, 1.82) is 0 Å². The first-order valence-corrected chi connectivity index (χ1v) is 9.75. The second-order valence-corrected chi connectivity index (χ2v) is 7.67. The number of amides is 1. The van der Waals surface area contributed by atoms with Crippen LogP contribution >= 0.6 is 0 Å². The highest BCUT2D eigenvalue weighted by atomic mass is 19.1. The summed E-state index contributed by atoms with van der Waals surface area (Å²) in [5, 5.41) is 11.8. The van der Waals surface area contributed by atoms with E-state index in [1.54, 1.807) is 6.20 Å². The van der Waals surface area contributed by atoms with Crippen LogP contribution in [0.4, 0.5) is 15.9 Å². The van der Waals surface area contributed by atoms with E-state index in [-0.39, 0.29) is 23.5 Å². The molecule has 2 heterocycles. The SMILES string of the molecule is Cc1c[nH]c2c(Nc3nc(C[C@@H]4CCCC[C@@H]4N)nnc3C(N)=O)cc(F)cc12. The fraction of sp³-hybridized carbons (Fsp3) is 0.400. The number of fused-ring (bicyclic) bond motifs is 1. The van der Waals surface area contributed by atoms with Gasteiger partial charge in [0.2, 0.25) is 0 Å². The largest absolute Gasteiger partial charge is 0.364 e. The van der Waals surface area contributed by atoms with Gasteiger partial charge in [0.1, 0.15) is 5.82 Å². The number of nitrogens with zero attached hydrogens (tertiary/aromatic N) is 3. The zero-order chi connectivity index (χ0) is 20.5. The Morgan fingerprint density at radius 1 is 1.31 bits per heavy atom. The van der Waals surface area contributed by atoms with Crippen LogP contribution in [-0.2, 0) is 6.42 Å². The van der Waals surface area contributed by atoms with Gasteiger partial charge in [-0.15, -0.1) is 10.2 Å². The van der Waals surface area contributed by atoms with Gasteiger partial charge in [-0.1, -0.05) is 12.8 Å². The number of H-pyrrole nitrogens is 1. The average Bonchev–Trinajstić information content (AvgIpc) is 3.04. The second-order valence-electron chi connectivity index (χ2n) is 7.67.